The third-order valence-corrected chi connectivity index (χ3v) is 5.31. The molecule has 1 heterocycles. The first kappa shape index (κ1) is 23.4. The van der Waals surface area contributed by atoms with Gasteiger partial charge in [0.05, 0.1) is 18.5 Å². The molecule has 0 fully saturated rings. The number of hydrogen-bond donors (Lipinski definition) is 0. The van der Waals surface area contributed by atoms with Crippen molar-refractivity contribution in [3.05, 3.63) is 48.2 Å². The number of aromatic nitrogens is 1. The lowest BCUT2D eigenvalue weighted by atomic mass is 10.1. The second kappa shape index (κ2) is 14.1. The third-order valence-electron chi connectivity index (χ3n) is 5.31. The van der Waals surface area contributed by atoms with E-state index >= 15 is 0 Å². The van der Waals surface area contributed by atoms with Crippen LogP contribution in [0, 0.1) is 0 Å². The Bertz CT molecular complexity index is 651. The molecule has 29 heavy (non-hydrogen) atoms. The summed E-state index contributed by atoms with van der Waals surface area (Å²) in [6, 6.07) is 12.3. The lowest BCUT2D eigenvalue weighted by Gasteiger charge is -2.08. The van der Waals surface area contributed by atoms with Gasteiger partial charge in [0.15, 0.2) is 0 Å². The maximum absolute atomic E-state index is 12.9. The van der Waals surface area contributed by atoms with Crippen LogP contribution in [-0.4, -0.2) is 17.8 Å². The van der Waals surface area contributed by atoms with Crippen LogP contribution < -0.4 is 4.74 Å². The zero-order valence-corrected chi connectivity index (χ0v) is 18.3. The smallest absolute Gasteiger partial charge is 0.119 e. The third kappa shape index (κ3) is 9.92. The van der Waals surface area contributed by atoms with Gasteiger partial charge in [-0.15, -0.1) is 0 Å². The zero-order chi connectivity index (χ0) is 20.7. The molecular weight excluding hydrogens is 361 g/mol. The number of benzene rings is 1. The molecule has 160 valence electrons. The summed E-state index contributed by atoms with van der Waals surface area (Å²) in [4.78, 5) is 4.56. The van der Waals surface area contributed by atoms with Gasteiger partial charge in [0.25, 0.3) is 0 Å². The predicted molar refractivity (Wildman–Crippen MR) is 121 cm³/mol. The number of unbranched alkanes of at least 4 members (excludes halogenated alkanes) is 7. The topological polar surface area (TPSA) is 22.1 Å². The first-order valence-electron chi connectivity index (χ1n) is 11.5. The SMILES string of the molecule is CCCCCCCCCCOc1ccc(-c2ccc(CCCC(C)F)cn2)cc1. The van der Waals surface area contributed by atoms with Crippen LogP contribution in [0.2, 0.25) is 0 Å². The van der Waals surface area contributed by atoms with Crippen molar-refractivity contribution >= 4 is 0 Å². The molecular formula is C26H38FNO. The summed E-state index contributed by atoms with van der Waals surface area (Å²) >= 11 is 0. The van der Waals surface area contributed by atoms with E-state index in [-0.39, 0.29) is 0 Å². The number of halogens is 1. The molecule has 1 atom stereocenters. The van der Waals surface area contributed by atoms with E-state index in [1.165, 1.54) is 50.5 Å². The van der Waals surface area contributed by atoms with Crippen molar-refractivity contribution in [2.75, 3.05) is 6.61 Å². The van der Waals surface area contributed by atoms with E-state index in [2.05, 4.69) is 30.1 Å². The number of aryl methyl sites for hydroxylation is 1. The highest BCUT2D eigenvalue weighted by atomic mass is 19.1. The number of pyridine rings is 1. The van der Waals surface area contributed by atoms with Gasteiger partial charge in [-0.25, -0.2) is 4.39 Å². The molecule has 0 saturated heterocycles. The summed E-state index contributed by atoms with van der Waals surface area (Å²) < 4.78 is 18.8. The molecule has 2 rings (SSSR count). The molecule has 1 aromatic carbocycles. The fourth-order valence-corrected chi connectivity index (χ4v) is 3.48. The first-order valence-corrected chi connectivity index (χ1v) is 11.5. The molecule has 0 bridgehead atoms. The molecule has 1 unspecified atom stereocenters. The highest BCUT2D eigenvalue weighted by Gasteiger charge is 2.03. The van der Waals surface area contributed by atoms with Crippen molar-refractivity contribution in [3.8, 4) is 17.0 Å². The molecule has 0 N–H and O–H groups in total. The lowest BCUT2D eigenvalue weighted by Crippen LogP contribution is -1.97. The average molecular weight is 400 g/mol. The van der Waals surface area contributed by atoms with Crippen LogP contribution >= 0.6 is 0 Å². The Kier molecular flexibility index (Phi) is 11.4. The summed E-state index contributed by atoms with van der Waals surface area (Å²) in [5.41, 5.74) is 3.22. The van der Waals surface area contributed by atoms with E-state index in [0.717, 1.165) is 42.9 Å². The van der Waals surface area contributed by atoms with Crippen molar-refractivity contribution in [1.82, 2.24) is 4.98 Å². The molecule has 0 aliphatic carbocycles. The molecule has 0 aliphatic rings. The van der Waals surface area contributed by atoms with Crippen molar-refractivity contribution < 1.29 is 9.13 Å². The van der Waals surface area contributed by atoms with Gasteiger partial charge in [-0.1, -0.05) is 57.9 Å². The van der Waals surface area contributed by atoms with Gasteiger partial charge in [-0.2, -0.15) is 0 Å². The van der Waals surface area contributed by atoms with E-state index in [1.807, 2.05) is 24.4 Å². The van der Waals surface area contributed by atoms with Crippen LogP contribution in [0.4, 0.5) is 4.39 Å². The molecule has 2 aromatic rings. The van der Waals surface area contributed by atoms with Gasteiger partial charge in [0.2, 0.25) is 0 Å². The Hall–Kier alpha value is -1.90. The minimum absolute atomic E-state index is 0.613. The molecule has 0 amide bonds. The van der Waals surface area contributed by atoms with Gasteiger partial charge in [0.1, 0.15) is 5.75 Å². The number of ether oxygens (including phenoxy) is 1. The molecule has 2 nitrogen and oxygen atoms in total. The lowest BCUT2D eigenvalue weighted by molar-refractivity contribution is 0.304. The quantitative estimate of drug-likeness (QED) is 0.283. The van der Waals surface area contributed by atoms with Crippen molar-refractivity contribution in [1.29, 1.82) is 0 Å². The van der Waals surface area contributed by atoms with E-state index in [4.69, 9.17) is 4.74 Å². The summed E-state index contributed by atoms with van der Waals surface area (Å²) in [7, 11) is 0. The standard InChI is InChI=1S/C26H38FNO/c1-3-4-5-6-7-8-9-10-20-29-25-17-15-24(16-18-25)26-19-14-23(21-28-26)13-11-12-22(2)27/h14-19,21-22H,3-13,20H2,1-2H3. The van der Waals surface area contributed by atoms with E-state index in [9.17, 15) is 4.39 Å². The Morgan fingerprint density at radius 3 is 2.17 bits per heavy atom. The van der Waals surface area contributed by atoms with Crippen molar-refractivity contribution in [2.45, 2.75) is 90.6 Å². The largest absolute Gasteiger partial charge is 0.494 e. The maximum atomic E-state index is 12.9. The fraction of sp³-hybridized carbons (Fsp3) is 0.577. The van der Waals surface area contributed by atoms with Crippen molar-refractivity contribution in [3.63, 3.8) is 0 Å². The van der Waals surface area contributed by atoms with Crippen LogP contribution in [0.3, 0.4) is 0 Å². The number of hydrogen-bond acceptors (Lipinski definition) is 2. The Morgan fingerprint density at radius 2 is 1.55 bits per heavy atom. The summed E-state index contributed by atoms with van der Waals surface area (Å²) in [6.45, 7) is 4.67. The molecule has 3 heteroatoms. The van der Waals surface area contributed by atoms with Crippen LogP contribution in [0.5, 0.6) is 5.75 Å². The van der Waals surface area contributed by atoms with Crippen molar-refractivity contribution in [2.24, 2.45) is 0 Å². The number of alkyl halides is 1. The second-order valence-electron chi connectivity index (χ2n) is 8.07. The first-order chi connectivity index (χ1) is 14.2. The maximum Gasteiger partial charge on any atom is 0.119 e. The molecule has 1 aromatic heterocycles. The van der Waals surface area contributed by atoms with Gasteiger partial charge in [-0.05, 0) is 68.5 Å². The minimum atomic E-state index is -0.724. The number of rotatable bonds is 15. The van der Waals surface area contributed by atoms with Crippen LogP contribution in [0.1, 0.15) is 83.6 Å². The number of nitrogens with zero attached hydrogens (tertiary/aromatic N) is 1. The van der Waals surface area contributed by atoms with E-state index in [0.29, 0.717) is 6.42 Å². The summed E-state index contributed by atoms with van der Waals surface area (Å²) in [5.74, 6) is 0.925. The minimum Gasteiger partial charge on any atom is -0.494 e. The summed E-state index contributed by atoms with van der Waals surface area (Å²) in [5, 5.41) is 0. The van der Waals surface area contributed by atoms with E-state index < -0.39 is 6.17 Å². The average Bonchev–Trinajstić information content (AvgIpc) is 2.73. The Balaban J connectivity index is 1.66. The normalized spacial score (nSPS) is 12.1. The molecule has 0 saturated carbocycles. The van der Waals surface area contributed by atoms with Gasteiger partial charge in [-0.3, -0.25) is 4.98 Å². The Morgan fingerprint density at radius 1 is 0.862 bits per heavy atom. The Labute approximate surface area is 176 Å². The van der Waals surface area contributed by atoms with Crippen LogP contribution in [-0.2, 0) is 6.42 Å². The monoisotopic (exact) mass is 399 g/mol. The van der Waals surface area contributed by atoms with Crippen LogP contribution in [0.15, 0.2) is 42.6 Å². The molecule has 0 radical (unpaired) electrons. The van der Waals surface area contributed by atoms with Gasteiger partial charge in [0, 0.05) is 11.8 Å². The zero-order valence-electron chi connectivity index (χ0n) is 18.3. The highest BCUT2D eigenvalue weighted by Crippen LogP contribution is 2.21. The molecule has 0 aliphatic heterocycles. The van der Waals surface area contributed by atoms with Gasteiger partial charge >= 0.3 is 0 Å². The fourth-order valence-electron chi connectivity index (χ4n) is 3.48. The van der Waals surface area contributed by atoms with Crippen LogP contribution in [0.25, 0.3) is 11.3 Å². The molecule has 0 spiro atoms. The second-order valence-corrected chi connectivity index (χ2v) is 8.07. The highest BCUT2D eigenvalue weighted by molar-refractivity contribution is 5.60. The summed E-state index contributed by atoms with van der Waals surface area (Å²) in [6.07, 6.45) is 14.0. The van der Waals surface area contributed by atoms with E-state index in [1.54, 1.807) is 6.92 Å². The predicted octanol–water partition coefficient (Wildman–Crippen LogP) is 7.95. The van der Waals surface area contributed by atoms with Gasteiger partial charge < -0.3 is 4.74 Å².